The molecule has 0 spiro atoms. The number of hydrogen-bond donors (Lipinski definition) is 4. The molecule has 0 amide bonds. The van der Waals surface area contributed by atoms with Gasteiger partial charge in [-0.2, -0.15) is 0 Å². The molecule has 2 heterocycles. The van der Waals surface area contributed by atoms with Crippen molar-refractivity contribution in [1.29, 1.82) is 0 Å². The molecular formula is C27H32O11. The fourth-order valence-corrected chi connectivity index (χ4v) is 4.50. The van der Waals surface area contributed by atoms with Crippen LogP contribution in [0.4, 0.5) is 0 Å². The van der Waals surface area contributed by atoms with Crippen molar-refractivity contribution in [3.8, 4) is 17.2 Å². The average molecular weight is 533 g/mol. The third kappa shape index (κ3) is 6.25. The Morgan fingerprint density at radius 3 is 2.63 bits per heavy atom. The smallest absolute Gasteiger partial charge is 0.332 e. The second kappa shape index (κ2) is 12.1. The first-order valence-corrected chi connectivity index (χ1v) is 12.3. The minimum absolute atomic E-state index is 0.0578. The van der Waals surface area contributed by atoms with Crippen molar-refractivity contribution in [2.75, 3.05) is 26.9 Å². The van der Waals surface area contributed by atoms with E-state index in [1.54, 1.807) is 6.92 Å². The molecule has 2 aliphatic heterocycles. The molecule has 0 aliphatic carbocycles. The number of aromatic hydroxyl groups is 1. The third-order valence-corrected chi connectivity index (χ3v) is 6.48. The number of esters is 1. The normalized spacial score (nSPS) is 24.4. The Hall–Kier alpha value is -3.22. The molecule has 206 valence electrons. The van der Waals surface area contributed by atoms with Gasteiger partial charge in [-0.25, -0.2) is 4.79 Å². The number of aryl methyl sites for hydroxylation is 2. The van der Waals surface area contributed by atoms with Gasteiger partial charge in [0, 0.05) is 20.0 Å². The number of methoxy groups -OCH3 is 1. The molecule has 4 N–H and O–H groups in total. The number of fused-ring (bicyclic) bond motifs is 1. The van der Waals surface area contributed by atoms with Crippen LogP contribution < -0.4 is 9.47 Å². The number of rotatable bonds is 10. The first-order valence-electron chi connectivity index (χ1n) is 12.3. The van der Waals surface area contributed by atoms with Crippen molar-refractivity contribution in [2.24, 2.45) is 0 Å². The van der Waals surface area contributed by atoms with E-state index in [9.17, 15) is 30.0 Å². The lowest BCUT2D eigenvalue weighted by atomic mass is 9.98. The quantitative estimate of drug-likeness (QED) is 0.253. The minimum atomic E-state index is -1.70. The second-order valence-corrected chi connectivity index (χ2v) is 9.37. The van der Waals surface area contributed by atoms with Crippen LogP contribution in [-0.4, -0.2) is 89.8 Å². The minimum Gasteiger partial charge on any atom is -0.507 e. The summed E-state index contributed by atoms with van der Waals surface area (Å²) < 4.78 is 26.6. The van der Waals surface area contributed by atoms with E-state index in [2.05, 4.69) is 4.74 Å². The van der Waals surface area contributed by atoms with Crippen molar-refractivity contribution in [1.82, 2.24) is 0 Å². The lowest BCUT2D eigenvalue weighted by Crippen LogP contribution is -2.60. The first kappa shape index (κ1) is 27.8. The average Bonchev–Trinajstić information content (AvgIpc) is 3.35. The summed E-state index contributed by atoms with van der Waals surface area (Å²) in [6, 6.07) is 8.69. The van der Waals surface area contributed by atoms with Crippen molar-refractivity contribution >= 4 is 11.8 Å². The Labute approximate surface area is 219 Å². The molecule has 4 rings (SSSR count). The molecule has 11 heteroatoms. The molecule has 1 fully saturated rings. The van der Waals surface area contributed by atoms with E-state index in [-0.39, 0.29) is 30.1 Å². The number of aliphatic hydroxyl groups is 3. The number of phenols is 1. The monoisotopic (exact) mass is 532 g/mol. The van der Waals surface area contributed by atoms with Gasteiger partial charge in [0.25, 0.3) is 0 Å². The van der Waals surface area contributed by atoms with Gasteiger partial charge in [-0.1, -0.05) is 12.1 Å². The van der Waals surface area contributed by atoms with Crippen molar-refractivity contribution < 1.29 is 53.7 Å². The molecule has 5 atom stereocenters. The van der Waals surface area contributed by atoms with E-state index >= 15 is 0 Å². The van der Waals surface area contributed by atoms with Gasteiger partial charge in [0.05, 0.1) is 6.61 Å². The fourth-order valence-electron chi connectivity index (χ4n) is 4.50. The fraction of sp³-hybridized carbons (Fsp3) is 0.481. The summed E-state index contributed by atoms with van der Waals surface area (Å²) in [7, 11) is 1.31. The molecule has 0 aromatic heterocycles. The van der Waals surface area contributed by atoms with Gasteiger partial charge in [0.1, 0.15) is 60.4 Å². The summed E-state index contributed by atoms with van der Waals surface area (Å²) in [5.74, 6) is -0.628. The van der Waals surface area contributed by atoms with Crippen LogP contribution in [0, 0.1) is 6.92 Å². The van der Waals surface area contributed by atoms with Crippen LogP contribution in [0.15, 0.2) is 30.3 Å². The maximum absolute atomic E-state index is 13.2. The van der Waals surface area contributed by atoms with Crippen LogP contribution in [0.3, 0.4) is 0 Å². The van der Waals surface area contributed by atoms with E-state index in [4.69, 9.17) is 18.9 Å². The number of Topliss-reactive ketones (excluding diaryl/α,β-unsaturated/α-hetero) is 1. The number of hydrogen-bond acceptors (Lipinski definition) is 11. The van der Waals surface area contributed by atoms with E-state index < -0.39 is 49.1 Å². The van der Waals surface area contributed by atoms with E-state index in [0.29, 0.717) is 18.6 Å². The van der Waals surface area contributed by atoms with Crippen molar-refractivity contribution in [3.63, 3.8) is 0 Å². The number of phenolic OH excluding ortho intramolecular Hbond substituents is 1. The molecule has 0 saturated carbocycles. The lowest BCUT2D eigenvalue weighted by molar-refractivity contribution is -0.278. The Kier molecular flexibility index (Phi) is 8.85. The highest BCUT2D eigenvalue weighted by molar-refractivity contribution is 6.01. The molecule has 0 bridgehead atoms. The predicted molar refractivity (Wildman–Crippen MR) is 131 cm³/mol. The molecule has 0 unspecified atom stereocenters. The number of ether oxygens (including phenoxy) is 5. The summed E-state index contributed by atoms with van der Waals surface area (Å²) in [6.45, 7) is 1.56. The third-order valence-electron chi connectivity index (χ3n) is 6.48. The Balaban J connectivity index is 1.49. The van der Waals surface area contributed by atoms with Crippen LogP contribution in [0.5, 0.6) is 17.2 Å². The highest BCUT2D eigenvalue weighted by Crippen LogP contribution is 2.34. The van der Waals surface area contributed by atoms with Crippen LogP contribution >= 0.6 is 0 Å². The van der Waals surface area contributed by atoms with Gasteiger partial charge in [0.15, 0.2) is 5.78 Å². The second-order valence-electron chi connectivity index (χ2n) is 9.37. The van der Waals surface area contributed by atoms with Gasteiger partial charge in [-0.05, 0) is 48.2 Å². The van der Waals surface area contributed by atoms with Gasteiger partial charge in [-0.3, -0.25) is 4.79 Å². The SMILES string of the molecule is COCC(=O)OC[C@H]1O[C@@H](Oc2cc(C)cc(O)c2C(=O)CCc2ccc3c(c2)CCO3)[C@H](O)[C@@H](O)[C@@H]1O. The predicted octanol–water partition coefficient (Wildman–Crippen LogP) is 0.827. The van der Waals surface area contributed by atoms with Gasteiger partial charge in [0.2, 0.25) is 6.29 Å². The summed E-state index contributed by atoms with van der Waals surface area (Å²) in [5, 5.41) is 41.8. The van der Waals surface area contributed by atoms with Crippen LogP contribution in [0.25, 0.3) is 0 Å². The summed E-state index contributed by atoms with van der Waals surface area (Å²) in [6.07, 6.45) is -6.45. The lowest BCUT2D eigenvalue weighted by Gasteiger charge is -2.40. The van der Waals surface area contributed by atoms with Crippen LogP contribution in [0.2, 0.25) is 0 Å². The Morgan fingerprint density at radius 2 is 1.87 bits per heavy atom. The Morgan fingerprint density at radius 1 is 1.08 bits per heavy atom. The summed E-state index contributed by atoms with van der Waals surface area (Å²) in [4.78, 5) is 24.8. The molecule has 38 heavy (non-hydrogen) atoms. The zero-order valence-corrected chi connectivity index (χ0v) is 21.2. The van der Waals surface area contributed by atoms with E-state index in [1.165, 1.54) is 19.2 Å². The zero-order valence-electron chi connectivity index (χ0n) is 21.2. The number of ketones is 1. The highest BCUT2D eigenvalue weighted by atomic mass is 16.7. The first-order chi connectivity index (χ1) is 18.2. The molecule has 1 saturated heterocycles. The van der Waals surface area contributed by atoms with E-state index in [1.807, 2.05) is 18.2 Å². The summed E-state index contributed by atoms with van der Waals surface area (Å²) in [5.41, 5.74) is 2.51. The zero-order chi connectivity index (χ0) is 27.4. The number of carbonyl (C=O) groups is 2. The molecule has 2 aromatic rings. The molecule has 0 radical (unpaired) electrons. The van der Waals surface area contributed by atoms with Gasteiger partial charge >= 0.3 is 5.97 Å². The number of aliphatic hydroxyl groups excluding tert-OH is 3. The maximum Gasteiger partial charge on any atom is 0.332 e. The van der Waals surface area contributed by atoms with Crippen molar-refractivity contribution in [3.05, 3.63) is 52.6 Å². The topological polar surface area (TPSA) is 161 Å². The molecule has 2 aliphatic rings. The van der Waals surface area contributed by atoms with Crippen LogP contribution in [-0.2, 0) is 31.8 Å². The number of carbonyl (C=O) groups excluding carboxylic acids is 2. The van der Waals surface area contributed by atoms with Gasteiger partial charge in [-0.15, -0.1) is 0 Å². The van der Waals surface area contributed by atoms with Crippen molar-refractivity contribution in [2.45, 2.75) is 56.9 Å². The maximum atomic E-state index is 13.2. The highest BCUT2D eigenvalue weighted by Gasteiger charge is 2.46. The summed E-state index contributed by atoms with van der Waals surface area (Å²) >= 11 is 0. The van der Waals surface area contributed by atoms with Crippen LogP contribution in [0.1, 0.15) is 33.5 Å². The molecule has 2 aromatic carbocycles. The standard InChI is InChI=1S/C27H32O11/c1-14-9-18(29)23(17(28)5-3-15-4-6-19-16(11-15)7-8-35-19)20(10-14)37-27-26(33)25(32)24(31)21(38-27)12-36-22(30)13-34-2/h4,6,9-11,21,24-27,29,31-33H,3,5,7-8,12-13H2,1-2H3/t21-,24-,25+,26-,27-/m1/s1. The number of benzene rings is 2. The van der Waals surface area contributed by atoms with Gasteiger partial charge < -0.3 is 44.1 Å². The Bertz CT molecular complexity index is 1160. The van der Waals surface area contributed by atoms with E-state index in [0.717, 1.165) is 23.3 Å². The largest absolute Gasteiger partial charge is 0.507 e. The molecular weight excluding hydrogens is 500 g/mol. The molecule has 11 nitrogen and oxygen atoms in total.